The Kier molecular flexibility index (Phi) is 99.3. The fourth-order valence-electron chi connectivity index (χ4n) is 14.7. The molecule has 0 aliphatic heterocycles. The molecule has 5 atom stereocenters. The summed E-state index contributed by atoms with van der Waals surface area (Å²) >= 11 is 0. The summed E-state index contributed by atoms with van der Waals surface area (Å²) in [6.45, 7) is 2.51. The number of aliphatic hydroxyl groups excluding tert-OH is 2. The van der Waals surface area contributed by atoms with E-state index in [-0.39, 0.29) is 19.3 Å². The van der Waals surface area contributed by atoms with Gasteiger partial charge in [-0.25, -0.2) is 9.13 Å². The number of phosphoric ester groups is 2. The molecule has 0 aromatic carbocycles. The lowest BCUT2D eigenvalue weighted by atomic mass is 10.0. The number of esters is 3. The standard InChI is InChI=1S/C113H194O16P2/c1-4-7-10-13-16-19-22-25-28-31-34-37-40-43-46-48-50-52-53-55-57-58-61-63-66-69-72-75-78-81-84-87-90-93-96-99-111(116)123-102-108(114)103-125-130(119,120)126-104-109(115)105-127-131(121,122)128-107-110(129-113(118)101-98-95-92-89-86-83-80-77-74-71-68-65-60-45-42-39-36-33-30-27-24-21-18-15-12-9-6-3)106-124-112(117)100-97-94-91-88-85-82-79-76-73-70-67-64-62-59-56-54-51-49-47-44-41-38-35-32-29-26-23-20-17-14-11-8-5-2/h7-8,10-11,16-21,25-30,34-39,43-47,50,52,60,108-110,114-115H,4-6,9,12-15,22-24,31-33,40-42,48-49,51,53-59,61-107H2,1-3H3,(H,119,120)(H,121,122)/b10-7-,11-8-,19-16-,20-17-,21-18-,28-25-,29-26-,30-27-,37-34-,38-35-,39-36-,46-43-,47-44-,52-50-,60-45-. The van der Waals surface area contributed by atoms with Crippen molar-refractivity contribution < 1.29 is 75.8 Å². The maximum Gasteiger partial charge on any atom is 0.472 e. The van der Waals surface area contributed by atoms with Crippen molar-refractivity contribution in [1.82, 2.24) is 0 Å². The molecule has 16 nitrogen and oxygen atoms in total. The van der Waals surface area contributed by atoms with Gasteiger partial charge in [-0.05, 0) is 161 Å². The van der Waals surface area contributed by atoms with Crippen LogP contribution in [-0.4, -0.2) is 95.9 Å². The van der Waals surface area contributed by atoms with Gasteiger partial charge in [-0.3, -0.25) is 32.5 Å². The van der Waals surface area contributed by atoms with Gasteiger partial charge in [0.05, 0.1) is 26.4 Å². The lowest BCUT2D eigenvalue weighted by Crippen LogP contribution is -2.30. The van der Waals surface area contributed by atoms with Gasteiger partial charge in [0.1, 0.15) is 25.4 Å². The van der Waals surface area contributed by atoms with Crippen LogP contribution < -0.4 is 0 Å². The number of allylic oxidation sites excluding steroid dienone is 30. The summed E-state index contributed by atoms with van der Waals surface area (Å²) < 4.78 is 61.8. The molecule has 752 valence electrons. The summed E-state index contributed by atoms with van der Waals surface area (Å²) in [7, 11) is -9.82. The first-order valence-corrected chi connectivity index (χ1v) is 56.1. The van der Waals surface area contributed by atoms with Crippen molar-refractivity contribution in [3.63, 3.8) is 0 Å². The minimum absolute atomic E-state index is 0.0989. The summed E-state index contributed by atoms with van der Waals surface area (Å²) in [5.74, 6) is -1.56. The first-order valence-electron chi connectivity index (χ1n) is 53.1. The highest BCUT2D eigenvalue weighted by atomic mass is 31.2. The monoisotopic (exact) mass is 1870 g/mol. The first kappa shape index (κ1) is 126. The molecule has 0 fully saturated rings. The topological polar surface area (TPSA) is 231 Å². The molecule has 0 radical (unpaired) electrons. The minimum Gasteiger partial charge on any atom is -0.463 e. The summed E-state index contributed by atoms with van der Waals surface area (Å²) in [4.78, 5) is 59.3. The number of ether oxygens (including phenoxy) is 3. The molecule has 0 amide bonds. The van der Waals surface area contributed by atoms with E-state index in [2.05, 4.69) is 203 Å². The molecular weight excluding hydrogens is 1680 g/mol. The molecule has 4 N–H and O–H groups in total. The predicted molar refractivity (Wildman–Crippen MR) is 555 cm³/mol. The average molecular weight is 1870 g/mol. The van der Waals surface area contributed by atoms with Crippen LogP contribution in [0.3, 0.4) is 0 Å². The molecule has 5 unspecified atom stereocenters. The van der Waals surface area contributed by atoms with Crippen LogP contribution in [0.4, 0.5) is 0 Å². The van der Waals surface area contributed by atoms with E-state index in [0.717, 1.165) is 161 Å². The lowest BCUT2D eigenvalue weighted by molar-refractivity contribution is -0.161. The first-order chi connectivity index (χ1) is 64.2. The van der Waals surface area contributed by atoms with Gasteiger partial charge in [0.15, 0.2) is 6.10 Å². The number of carbonyl (C=O) groups excluding carboxylic acids is 3. The zero-order valence-electron chi connectivity index (χ0n) is 83.5. The summed E-state index contributed by atoms with van der Waals surface area (Å²) in [6, 6.07) is 0. The third-order valence-electron chi connectivity index (χ3n) is 22.6. The van der Waals surface area contributed by atoms with E-state index in [1.165, 1.54) is 238 Å². The van der Waals surface area contributed by atoms with E-state index in [9.17, 15) is 43.5 Å². The van der Waals surface area contributed by atoms with Gasteiger partial charge in [-0.2, -0.15) is 0 Å². The van der Waals surface area contributed by atoms with Crippen molar-refractivity contribution >= 4 is 33.6 Å². The molecule has 18 heteroatoms. The molecule has 0 spiro atoms. The molecule has 0 aromatic rings. The fraction of sp³-hybridized carbons (Fsp3) is 0.708. The highest BCUT2D eigenvalue weighted by Crippen LogP contribution is 2.45. The van der Waals surface area contributed by atoms with Crippen LogP contribution in [-0.2, 0) is 55.8 Å². The van der Waals surface area contributed by atoms with E-state index < -0.39 is 91.5 Å². The maximum atomic E-state index is 13.1. The van der Waals surface area contributed by atoms with Gasteiger partial charge >= 0.3 is 33.6 Å². The molecule has 0 rings (SSSR count). The van der Waals surface area contributed by atoms with Gasteiger partial charge in [0, 0.05) is 19.3 Å². The smallest absolute Gasteiger partial charge is 0.463 e. The Morgan fingerprint density at radius 2 is 0.405 bits per heavy atom. The van der Waals surface area contributed by atoms with E-state index in [1.807, 2.05) is 0 Å². The fourth-order valence-corrected chi connectivity index (χ4v) is 16.2. The van der Waals surface area contributed by atoms with Gasteiger partial charge in [-0.1, -0.05) is 460 Å². The van der Waals surface area contributed by atoms with Gasteiger partial charge in [-0.15, -0.1) is 0 Å². The minimum atomic E-state index is -4.95. The lowest BCUT2D eigenvalue weighted by Gasteiger charge is -2.21. The van der Waals surface area contributed by atoms with Crippen molar-refractivity contribution in [2.45, 2.75) is 476 Å². The van der Waals surface area contributed by atoms with Crippen LogP contribution in [0.5, 0.6) is 0 Å². The molecular formula is C113H194O16P2. The molecule has 0 saturated heterocycles. The number of aliphatic hydroxyl groups is 2. The van der Waals surface area contributed by atoms with Crippen LogP contribution in [0, 0.1) is 0 Å². The van der Waals surface area contributed by atoms with Crippen molar-refractivity contribution in [3.05, 3.63) is 182 Å². The maximum absolute atomic E-state index is 13.1. The van der Waals surface area contributed by atoms with Crippen molar-refractivity contribution in [2.24, 2.45) is 0 Å². The van der Waals surface area contributed by atoms with E-state index in [1.54, 1.807) is 0 Å². The van der Waals surface area contributed by atoms with E-state index >= 15 is 0 Å². The van der Waals surface area contributed by atoms with E-state index in [0.29, 0.717) is 19.3 Å². The average Bonchev–Trinajstić information content (AvgIpc) is 0.885. The normalized spacial score (nSPS) is 14.3. The number of unbranched alkanes of at least 4 members (excludes halogenated alkanes) is 47. The second-order valence-corrected chi connectivity index (χ2v) is 38.2. The Morgan fingerprint density at radius 1 is 0.221 bits per heavy atom. The van der Waals surface area contributed by atoms with Crippen LogP contribution >= 0.6 is 15.6 Å². The Labute approximate surface area is 802 Å². The second kappa shape index (κ2) is 104. The van der Waals surface area contributed by atoms with Crippen molar-refractivity contribution in [3.8, 4) is 0 Å². The second-order valence-electron chi connectivity index (χ2n) is 35.3. The highest BCUT2D eigenvalue weighted by Gasteiger charge is 2.30. The van der Waals surface area contributed by atoms with Crippen molar-refractivity contribution in [2.75, 3.05) is 39.6 Å². The number of hydrogen-bond acceptors (Lipinski definition) is 14. The molecule has 0 aromatic heterocycles. The van der Waals surface area contributed by atoms with E-state index in [4.69, 9.17) is 32.3 Å². The van der Waals surface area contributed by atoms with Gasteiger partial charge in [0.2, 0.25) is 0 Å². The predicted octanol–water partition coefficient (Wildman–Crippen LogP) is 33.9. The quantitative estimate of drug-likeness (QED) is 0.0146. The number of carbonyl (C=O) groups is 3. The zero-order valence-corrected chi connectivity index (χ0v) is 85.2. The highest BCUT2D eigenvalue weighted by molar-refractivity contribution is 7.47. The van der Waals surface area contributed by atoms with Gasteiger partial charge in [0.25, 0.3) is 0 Å². The summed E-state index contributed by atoms with van der Waals surface area (Å²) in [5.41, 5.74) is 0. The number of phosphoric acid groups is 2. The van der Waals surface area contributed by atoms with Crippen molar-refractivity contribution in [1.29, 1.82) is 0 Å². The van der Waals surface area contributed by atoms with Crippen LogP contribution in [0.25, 0.3) is 0 Å². The number of hydrogen-bond donors (Lipinski definition) is 4. The zero-order chi connectivity index (χ0) is 95.0. The largest absolute Gasteiger partial charge is 0.472 e. The molecule has 0 aliphatic rings. The molecule has 0 aliphatic carbocycles. The van der Waals surface area contributed by atoms with Gasteiger partial charge < -0.3 is 34.2 Å². The number of rotatable bonds is 100. The molecule has 0 bridgehead atoms. The Hall–Kier alpha value is -5.35. The summed E-state index contributed by atoms with van der Waals surface area (Å²) in [6.07, 6.45) is 138. The third-order valence-corrected chi connectivity index (χ3v) is 24.5. The molecule has 131 heavy (non-hydrogen) atoms. The Balaban J connectivity index is 4.58. The van der Waals surface area contributed by atoms with Crippen LogP contribution in [0.2, 0.25) is 0 Å². The SMILES string of the molecule is CC/C=C\C/C=C\C/C=C\C/C=C\C/C=C\C/C=C\CCCCCCCCCCCCCCCCCCC(=O)OCC(O)COP(=O)(O)OCC(O)COP(=O)(O)OCC(COC(=O)CCCCCCCCCCCCCCCCCCC/C=C\C/C=C\C/C=C\C/C=C\C/C=C\CC)OC(=O)CCCCCCCCCCCCC/C=C\C/C=C\C/C=C\C/C=C\CCCCC. The van der Waals surface area contributed by atoms with Crippen LogP contribution in [0.1, 0.15) is 457 Å². The summed E-state index contributed by atoms with van der Waals surface area (Å²) in [5, 5.41) is 20.8. The Morgan fingerprint density at radius 3 is 0.641 bits per heavy atom. The molecule has 0 heterocycles. The Bertz CT molecular complexity index is 3110. The third kappa shape index (κ3) is 105. The molecule has 0 saturated carbocycles. The van der Waals surface area contributed by atoms with Crippen LogP contribution in [0.15, 0.2) is 182 Å².